The van der Waals surface area contributed by atoms with Crippen molar-refractivity contribution >= 4 is 5.78 Å². The van der Waals surface area contributed by atoms with Crippen molar-refractivity contribution < 1.29 is 4.79 Å². The molecular weight excluding hydrogens is 202 g/mol. The lowest BCUT2D eigenvalue weighted by Gasteiger charge is -2.22. The monoisotopic (exact) mass is 221 g/mol. The second kappa shape index (κ2) is 4.24. The predicted octanol–water partition coefficient (Wildman–Crippen LogP) is 2.28. The number of Topliss-reactive ketones (excluding diaryl/α,β-unsaturated/α-hetero) is 1. The molecule has 88 valence electrons. The molecule has 0 saturated heterocycles. The van der Waals surface area contributed by atoms with Crippen LogP contribution in [0.2, 0.25) is 0 Å². The number of ketones is 1. The molecule has 3 heteroatoms. The van der Waals surface area contributed by atoms with Crippen molar-refractivity contribution in [1.82, 2.24) is 4.57 Å². The summed E-state index contributed by atoms with van der Waals surface area (Å²) >= 11 is 0. The summed E-state index contributed by atoms with van der Waals surface area (Å²) in [5, 5.41) is 0. The first-order valence-electron chi connectivity index (χ1n) is 5.52. The fourth-order valence-corrected chi connectivity index (χ4v) is 1.79. The second-order valence-electron chi connectivity index (χ2n) is 5.02. The van der Waals surface area contributed by atoms with Gasteiger partial charge in [-0.2, -0.15) is 0 Å². The van der Waals surface area contributed by atoms with Gasteiger partial charge in [0.2, 0.25) is 0 Å². The minimum atomic E-state index is -0.195. The van der Waals surface area contributed by atoms with E-state index in [-0.39, 0.29) is 22.3 Å². The fourth-order valence-electron chi connectivity index (χ4n) is 1.79. The van der Waals surface area contributed by atoms with Crippen molar-refractivity contribution in [3.63, 3.8) is 0 Å². The van der Waals surface area contributed by atoms with E-state index in [9.17, 15) is 9.59 Å². The van der Waals surface area contributed by atoms with Gasteiger partial charge in [-0.05, 0) is 12.1 Å². The first-order valence-corrected chi connectivity index (χ1v) is 5.52. The Labute approximate surface area is 96.1 Å². The fraction of sp³-hybridized carbons (Fsp3) is 0.538. The Morgan fingerprint density at radius 1 is 1.31 bits per heavy atom. The van der Waals surface area contributed by atoms with Gasteiger partial charge in [0.1, 0.15) is 0 Å². The molecule has 0 unspecified atom stereocenters. The van der Waals surface area contributed by atoms with E-state index in [4.69, 9.17) is 0 Å². The van der Waals surface area contributed by atoms with Gasteiger partial charge in [0.25, 0.3) is 5.56 Å². The molecule has 0 amide bonds. The van der Waals surface area contributed by atoms with Crippen molar-refractivity contribution in [2.45, 2.75) is 39.5 Å². The summed E-state index contributed by atoms with van der Waals surface area (Å²) in [6.07, 6.45) is 0.365. The van der Waals surface area contributed by atoms with Gasteiger partial charge in [-0.3, -0.25) is 9.59 Å². The third-order valence-corrected chi connectivity index (χ3v) is 2.69. The quantitative estimate of drug-likeness (QED) is 0.719. The molecule has 0 aliphatic heterocycles. The smallest absolute Gasteiger partial charge is 0.261 e. The van der Waals surface area contributed by atoms with Gasteiger partial charge in [-0.15, -0.1) is 0 Å². The molecule has 0 spiro atoms. The highest BCUT2D eigenvalue weighted by Gasteiger charge is 2.19. The maximum atomic E-state index is 12.0. The maximum absolute atomic E-state index is 12.0. The minimum absolute atomic E-state index is 0.0955. The van der Waals surface area contributed by atoms with E-state index in [0.717, 1.165) is 5.69 Å². The number of carbonyl (C=O) groups is 1. The molecule has 0 fully saturated rings. The molecule has 1 aromatic rings. The summed E-state index contributed by atoms with van der Waals surface area (Å²) in [4.78, 5) is 23.5. The highest BCUT2D eigenvalue weighted by Crippen LogP contribution is 2.20. The molecule has 0 atom stereocenters. The van der Waals surface area contributed by atoms with E-state index >= 15 is 0 Å². The number of carbonyl (C=O) groups excluding carboxylic acids is 1. The van der Waals surface area contributed by atoms with Gasteiger partial charge in [-0.25, -0.2) is 0 Å². The number of hydrogen-bond donors (Lipinski definition) is 0. The van der Waals surface area contributed by atoms with Gasteiger partial charge in [0.15, 0.2) is 5.78 Å². The van der Waals surface area contributed by atoms with Crippen LogP contribution < -0.4 is 5.56 Å². The summed E-state index contributed by atoms with van der Waals surface area (Å²) in [7, 11) is 1.72. The number of rotatable bonds is 2. The zero-order valence-corrected chi connectivity index (χ0v) is 10.6. The van der Waals surface area contributed by atoms with Crippen molar-refractivity contribution in [3.8, 4) is 0 Å². The largest absolute Gasteiger partial charge is 0.315 e. The molecule has 0 radical (unpaired) electrons. The van der Waals surface area contributed by atoms with E-state index in [1.807, 2.05) is 26.8 Å². The van der Waals surface area contributed by atoms with E-state index in [1.165, 1.54) is 0 Å². The first-order chi connectivity index (χ1) is 7.29. The van der Waals surface area contributed by atoms with Gasteiger partial charge in [-0.1, -0.05) is 27.7 Å². The third kappa shape index (κ3) is 2.23. The number of aromatic nitrogens is 1. The van der Waals surface area contributed by atoms with Crippen LogP contribution in [0.1, 0.15) is 50.2 Å². The van der Waals surface area contributed by atoms with Gasteiger partial charge < -0.3 is 4.57 Å². The SMILES string of the molecule is CCC(=O)c1ccc(C(C)(C)C)n(C)c1=O. The highest BCUT2D eigenvalue weighted by molar-refractivity contribution is 5.95. The van der Waals surface area contributed by atoms with Crippen LogP contribution >= 0.6 is 0 Å². The average Bonchev–Trinajstić information content (AvgIpc) is 2.19. The molecule has 16 heavy (non-hydrogen) atoms. The van der Waals surface area contributed by atoms with Crippen molar-refractivity contribution in [2.24, 2.45) is 7.05 Å². The number of pyridine rings is 1. The van der Waals surface area contributed by atoms with Crippen molar-refractivity contribution in [3.05, 3.63) is 33.7 Å². The van der Waals surface area contributed by atoms with Crippen LogP contribution in [0.25, 0.3) is 0 Å². The van der Waals surface area contributed by atoms with Gasteiger partial charge in [0.05, 0.1) is 5.56 Å². The summed E-state index contributed by atoms with van der Waals surface area (Å²) in [6.45, 7) is 7.90. The normalized spacial score (nSPS) is 11.6. The number of hydrogen-bond acceptors (Lipinski definition) is 2. The predicted molar refractivity (Wildman–Crippen MR) is 65.0 cm³/mol. The standard InChI is InChI=1S/C13H19NO2/c1-6-10(15)9-7-8-11(13(2,3)4)14(5)12(9)16/h7-8H,6H2,1-5H3. The zero-order chi connectivity index (χ0) is 12.5. The van der Waals surface area contributed by atoms with Crippen molar-refractivity contribution in [1.29, 1.82) is 0 Å². The van der Waals surface area contributed by atoms with Crippen LogP contribution in [0.4, 0.5) is 0 Å². The molecule has 0 saturated carbocycles. The van der Waals surface area contributed by atoms with Gasteiger partial charge >= 0.3 is 0 Å². The maximum Gasteiger partial charge on any atom is 0.261 e. The molecular formula is C13H19NO2. The van der Waals surface area contributed by atoms with E-state index in [0.29, 0.717) is 6.42 Å². The molecule has 0 aliphatic carbocycles. The Bertz CT molecular complexity index is 464. The lowest BCUT2D eigenvalue weighted by molar-refractivity contribution is 0.0986. The lowest BCUT2D eigenvalue weighted by atomic mass is 9.90. The summed E-state index contributed by atoms with van der Waals surface area (Å²) < 4.78 is 1.57. The van der Waals surface area contributed by atoms with Crippen LogP contribution in [-0.2, 0) is 12.5 Å². The zero-order valence-electron chi connectivity index (χ0n) is 10.6. The van der Waals surface area contributed by atoms with E-state index in [1.54, 1.807) is 24.6 Å². The topological polar surface area (TPSA) is 39.1 Å². The Hall–Kier alpha value is -1.38. The summed E-state index contributed by atoms with van der Waals surface area (Å²) in [5.41, 5.74) is 0.934. The second-order valence-corrected chi connectivity index (χ2v) is 5.02. The van der Waals surface area contributed by atoms with E-state index < -0.39 is 0 Å². The van der Waals surface area contributed by atoms with E-state index in [2.05, 4.69) is 0 Å². The Morgan fingerprint density at radius 2 is 1.88 bits per heavy atom. The highest BCUT2D eigenvalue weighted by atomic mass is 16.1. The van der Waals surface area contributed by atoms with Crippen LogP contribution in [0.5, 0.6) is 0 Å². The van der Waals surface area contributed by atoms with Crippen LogP contribution in [-0.4, -0.2) is 10.4 Å². The third-order valence-electron chi connectivity index (χ3n) is 2.69. The summed E-state index contributed by atoms with van der Waals surface area (Å²) in [6, 6.07) is 3.51. The molecule has 0 aromatic carbocycles. The molecule has 1 aromatic heterocycles. The molecule has 0 aliphatic rings. The molecule has 3 nitrogen and oxygen atoms in total. The summed E-state index contributed by atoms with van der Waals surface area (Å²) in [5.74, 6) is -0.0962. The van der Waals surface area contributed by atoms with Crippen LogP contribution in [0.3, 0.4) is 0 Å². The number of nitrogens with zero attached hydrogens (tertiary/aromatic N) is 1. The Kier molecular flexibility index (Phi) is 3.36. The van der Waals surface area contributed by atoms with Crippen LogP contribution in [0, 0.1) is 0 Å². The van der Waals surface area contributed by atoms with Crippen LogP contribution in [0.15, 0.2) is 16.9 Å². The Morgan fingerprint density at radius 3 is 2.31 bits per heavy atom. The molecule has 0 N–H and O–H groups in total. The average molecular weight is 221 g/mol. The molecule has 1 heterocycles. The van der Waals surface area contributed by atoms with Gasteiger partial charge in [0, 0.05) is 24.6 Å². The minimum Gasteiger partial charge on any atom is -0.315 e. The molecule has 1 rings (SSSR count). The first kappa shape index (κ1) is 12.7. The molecule has 0 bridgehead atoms. The lowest BCUT2D eigenvalue weighted by Crippen LogP contribution is -2.30. The van der Waals surface area contributed by atoms with Crippen molar-refractivity contribution in [2.75, 3.05) is 0 Å². The Balaban J connectivity index is 3.41.